The van der Waals surface area contributed by atoms with Crippen LogP contribution in [0.4, 0.5) is 10.9 Å². The summed E-state index contributed by atoms with van der Waals surface area (Å²) in [5.74, 6) is 0.464. The first-order valence-electron chi connectivity index (χ1n) is 6.62. The highest BCUT2D eigenvalue weighted by atomic mass is 32.1. The molecule has 0 aliphatic heterocycles. The quantitative estimate of drug-likeness (QED) is 0.888. The van der Waals surface area contributed by atoms with Gasteiger partial charge in [-0.1, -0.05) is 13.0 Å². The molecule has 0 fully saturated rings. The molecular formula is C14H18N4OS. The second-order valence-corrected chi connectivity index (χ2v) is 5.47. The molecule has 6 heteroatoms. The van der Waals surface area contributed by atoms with Gasteiger partial charge in [0, 0.05) is 11.4 Å². The molecule has 20 heavy (non-hydrogen) atoms. The predicted molar refractivity (Wildman–Crippen MR) is 82.6 cm³/mol. The number of nitrogens with one attached hydrogen (secondary N) is 2. The van der Waals surface area contributed by atoms with Crippen LogP contribution in [0.3, 0.4) is 0 Å². The molecule has 106 valence electrons. The number of thiazole rings is 1. The molecule has 0 saturated heterocycles. The molecule has 1 amide bonds. The van der Waals surface area contributed by atoms with Crippen molar-refractivity contribution >= 4 is 28.2 Å². The number of amides is 1. The number of aromatic nitrogens is 2. The Bertz CT molecular complexity index is 609. The van der Waals surface area contributed by atoms with Gasteiger partial charge in [-0.25, -0.2) is 9.97 Å². The van der Waals surface area contributed by atoms with Gasteiger partial charge in [0.1, 0.15) is 11.5 Å². The number of anilines is 2. The fraction of sp³-hybridized carbons (Fsp3) is 0.357. The minimum atomic E-state index is -0.235. The SMILES string of the molecule is CCNc1cccc(C(=O)Nc2nc(CC)c(C)s2)n1. The van der Waals surface area contributed by atoms with Gasteiger partial charge in [-0.05, 0) is 32.4 Å². The van der Waals surface area contributed by atoms with Crippen LogP contribution in [0.5, 0.6) is 0 Å². The Balaban J connectivity index is 2.12. The van der Waals surface area contributed by atoms with E-state index >= 15 is 0 Å². The lowest BCUT2D eigenvalue weighted by molar-refractivity contribution is 0.102. The molecule has 2 aromatic rings. The third-order valence-electron chi connectivity index (χ3n) is 2.79. The van der Waals surface area contributed by atoms with Gasteiger partial charge in [0.2, 0.25) is 0 Å². The average Bonchev–Trinajstić information content (AvgIpc) is 2.79. The van der Waals surface area contributed by atoms with Gasteiger partial charge in [-0.2, -0.15) is 0 Å². The first-order chi connectivity index (χ1) is 9.63. The zero-order valence-corrected chi connectivity index (χ0v) is 12.7. The number of hydrogen-bond acceptors (Lipinski definition) is 5. The second-order valence-electron chi connectivity index (χ2n) is 4.27. The van der Waals surface area contributed by atoms with Crippen LogP contribution in [-0.2, 0) is 6.42 Å². The lowest BCUT2D eigenvalue weighted by Crippen LogP contribution is -2.14. The maximum Gasteiger partial charge on any atom is 0.276 e. The third kappa shape index (κ3) is 3.33. The van der Waals surface area contributed by atoms with Crippen molar-refractivity contribution in [1.82, 2.24) is 9.97 Å². The molecule has 0 radical (unpaired) electrons. The zero-order valence-electron chi connectivity index (χ0n) is 11.9. The highest BCUT2D eigenvalue weighted by Crippen LogP contribution is 2.22. The molecular weight excluding hydrogens is 272 g/mol. The van der Waals surface area contributed by atoms with E-state index in [9.17, 15) is 4.79 Å². The molecule has 2 N–H and O–H groups in total. The summed E-state index contributed by atoms with van der Waals surface area (Å²) in [5, 5.41) is 6.51. The molecule has 2 rings (SSSR count). The van der Waals surface area contributed by atoms with Crippen molar-refractivity contribution in [3.8, 4) is 0 Å². The lowest BCUT2D eigenvalue weighted by atomic mass is 10.3. The summed E-state index contributed by atoms with van der Waals surface area (Å²) in [6, 6.07) is 5.34. The van der Waals surface area contributed by atoms with E-state index in [1.807, 2.05) is 26.0 Å². The van der Waals surface area contributed by atoms with E-state index in [0.717, 1.165) is 23.5 Å². The van der Waals surface area contributed by atoms with E-state index in [1.54, 1.807) is 6.07 Å². The fourth-order valence-corrected chi connectivity index (χ4v) is 2.71. The molecule has 5 nitrogen and oxygen atoms in total. The Morgan fingerprint density at radius 1 is 1.30 bits per heavy atom. The van der Waals surface area contributed by atoms with Gasteiger partial charge < -0.3 is 5.32 Å². The van der Waals surface area contributed by atoms with Gasteiger partial charge in [0.15, 0.2) is 5.13 Å². The van der Waals surface area contributed by atoms with Crippen molar-refractivity contribution < 1.29 is 4.79 Å². The summed E-state index contributed by atoms with van der Waals surface area (Å²) < 4.78 is 0. The first-order valence-corrected chi connectivity index (χ1v) is 7.44. The highest BCUT2D eigenvalue weighted by molar-refractivity contribution is 7.15. The summed E-state index contributed by atoms with van der Waals surface area (Å²) in [7, 11) is 0. The monoisotopic (exact) mass is 290 g/mol. The average molecular weight is 290 g/mol. The summed E-state index contributed by atoms with van der Waals surface area (Å²) in [4.78, 5) is 21.9. The van der Waals surface area contributed by atoms with E-state index in [4.69, 9.17) is 0 Å². The molecule has 0 atom stereocenters. The molecule has 0 aliphatic rings. The van der Waals surface area contributed by atoms with Crippen LogP contribution in [0.2, 0.25) is 0 Å². The molecule has 0 bridgehead atoms. The van der Waals surface area contributed by atoms with Crippen LogP contribution >= 0.6 is 11.3 Å². The number of nitrogens with zero attached hydrogens (tertiary/aromatic N) is 2. The maximum atomic E-state index is 12.1. The van der Waals surface area contributed by atoms with Crippen molar-refractivity contribution in [3.05, 3.63) is 34.5 Å². The Morgan fingerprint density at radius 3 is 2.75 bits per heavy atom. The van der Waals surface area contributed by atoms with Gasteiger partial charge in [-0.3, -0.25) is 10.1 Å². The Morgan fingerprint density at radius 2 is 2.10 bits per heavy atom. The molecule has 2 aromatic heterocycles. The van der Waals surface area contributed by atoms with E-state index in [-0.39, 0.29) is 5.91 Å². The molecule has 0 unspecified atom stereocenters. The zero-order chi connectivity index (χ0) is 14.5. The van der Waals surface area contributed by atoms with Crippen LogP contribution in [0.25, 0.3) is 0 Å². The van der Waals surface area contributed by atoms with E-state index in [0.29, 0.717) is 16.6 Å². The number of aryl methyl sites for hydroxylation is 2. The predicted octanol–water partition coefficient (Wildman–Crippen LogP) is 3.09. The Kier molecular flexibility index (Phi) is 4.68. The van der Waals surface area contributed by atoms with Crippen LogP contribution in [-0.4, -0.2) is 22.4 Å². The van der Waals surface area contributed by atoms with Crippen molar-refractivity contribution in [3.63, 3.8) is 0 Å². The summed E-state index contributed by atoms with van der Waals surface area (Å²) >= 11 is 1.49. The van der Waals surface area contributed by atoms with Gasteiger partial charge in [-0.15, -0.1) is 11.3 Å². The second kappa shape index (κ2) is 6.47. The van der Waals surface area contributed by atoms with Crippen molar-refractivity contribution in [1.29, 1.82) is 0 Å². The largest absolute Gasteiger partial charge is 0.370 e. The normalized spacial score (nSPS) is 10.3. The first kappa shape index (κ1) is 14.5. The molecule has 0 saturated carbocycles. The van der Waals surface area contributed by atoms with Gasteiger partial charge >= 0.3 is 0 Å². The van der Waals surface area contributed by atoms with Crippen molar-refractivity contribution in [2.75, 3.05) is 17.2 Å². The van der Waals surface area contributed by atoms with E-state index < -0.39 is 0 Å². The maximum absolute atomic E-state index is 12.1. The number of pyridine rings is 1. The summed E-state index contributed by atoms with van der Waals surface area (Å²) in [6.07, 6.45) is 0.867. The van der Waals surface area contributed by atoms with Crippen LogP contribution in [0.1, 0.15) is 34.9 Å². The number of rotatable bonds is 5. The summed E-state index contributed by atoms with van der Waals surface area (Å²) in [6.45, 7) is 6.81. The Labute approximate surface area is 122 Å². The van der Waals surface area contributed by atoms with Gasteiger partial charge in [0.25, 0.3) is 5.91 Å². The number of hydrogen-bond donors (Lipinski definition) is 2. The fourth-order valence-electron chi connectivity index (χ4n) is 1.81. The summed E-state index contributed by atoms with van der Waals surface area (Å²) in [5.41, 5.74) is 1.41. The minimum Gasteiger partial charge on any atom is -0.370 e. The van der Waals surface area contributed by atoms with Crippen LogP contribution in [0.15, 0.2) is 18.2 Å². The van der Waals surface area contributed by atoms with Gasteiger partial charge in [0.05, 0.1) is 5.69 Å². The Hall–Kier alpha value is -1.95. The number of carbonyl (C=O) groups is 1. The lowest BCUT2D eigenvalue weighted by Gasteiger charge is -2.05. The molecule has 0 aliphatic carbocycles. The smallest absolute Gasteiger partial charge is 0.276 e. The van der Waals surface area contributed by atoms with E-state index in [1.165, 1.54) is 11.3 Å². The molecule has 2 heterocycles. The topological polar surface area (TPSA) is 66.9 Å². The van der Waals surface area contributed by atoms with Crippen LogP contribution < -0.4 is 10.6 Å². The molecule has 0 spiro atoms. The minimum absolute atomic E-state index is 0.235. The van der Waals surface area contributed by atoms with Crippen molar-refractivity contribution in [2.24, 2.45) is 0 Å². The third-order valence-corrected chi connectivity index (χ3v) is 3.72. The standard InChI is InChI=1S/C14H18N4OS/c1-4-10-9(3)20-14(17-10)18-13(19)11-7-6-8-12(16-11)15-5-2/h6-8H,4-5H2,1-3H3,(H,15,16)(H,17,18,19). The number of carbonyl (C=O) groups excluding carboxylic acids is 1. The highest BCUT2D eigenvalue weighted by Gasteiger charge is 2.12. The van der Waals surface area contributed by atoms with E-state index in [2.05, 4.69) is 27.5 Å². The van der Waals surface area contributed by atoms with Crippen molar-refractivity contribution in [2.45, 2.75) is 27.2 Å². The van der Waals surface area contributed by atoms with Crippen LogP contribution in [0, 0.1) is 6.92 Å². The molecule has 0 aromatic carbocycles.